The fourth-order valence-electron chi connectivity index (χ4n) is 2.65. The summed E-state index contributed by atoms with van der Waals surface area (Å²) >= 11 is 0. The van der Waals surface area contributed by atoms with Crippen LogP contribution in [0, 0.1) is 11.6 Å². The quantitative estimate of drug-likeness (QED) is 0.867. The van der Waals surface area contributed by atoms with Crippen molar-refractivity contribution in [3.8, 4) is 5.75 Å². The molecule has 3 nitrogen and oxygen atoms in total. The maximum Gasteiger partial charge on any atom is 0.244 e. The van der Waals surface area contributed by atoms with Crippen LogP contribution in [-0.2, 0) is 11.2 Å². The first-order chi connectivity index (χ1) is 11.5. The van der Waals surface area contributed by atoms with Gasteiger partial charge in [0.1, 0.15) is 17.4 Å². The highest BCUT2D eigenvalue weighted by Crippen LogP contribution is 2.28. The van der Waals surface area contributed by atoms with E-state index in [1.54, 1.807) is 0 Å². The van der Waals surface area contributed by atoms with Crippen LogP contribution in [0.2, 0.25) is 0 Å². The predicted molar refractivity (Wildman–Crippen MR) is 87.6 cm³/mol. The predicted octanol–water partition coefficient (Wildman–Crippen LogP) is 3.79. The van der Waals surface area contributed by atoms with Crippen molar-refractivity contribution in [1.82, 2.24) is 5.32 Å². The lowest BCUT2D eigenvalue weighted by atomic mass is 10.0. The number of hydrogen-bond acceptors (Lipinski definition) is 2. The van der Waals surface area contributed by atoms with Gasteiger partial charge in [-0.25, -0.2) is 8.78 Å². The fraction of sp³-hybridized carbons (Fsp3) is 0.211. The molecule has 1 N–H and O–H groups in total. The van der Waals surface area contributed by atoms with Gasteiger partial charge in [0.25, 0.3) is 0 Å². The summed E-state index contributed by atoms with van der Waals surface area (Å²) in [5.74, 6) is -0.939. The molecule has 0 bridgehead atoms. The monoisotopic (exact) mass is 329 g/mol. The second kappa shape index (κ2) is 6.83. The molecule has 0 unspecified atom stereocenters. The van der Waals surface area contributed by atoms with E-state index in [0.29, 0.717) is 6.61 Å². The molecule has 1 atom stereocenters. The molecule has 0 aromatic heterocycles. The average Bonchev–Trinajstić information content (AvgIpc) is 3.01. The van der Waals surface area contributed by atoms with E-state index >= 15 is 0 Å². The van der Waals surface area contributed by atoms with Gasteiger partial charge in [-0.15, -0.1) is 0 Å². The topological polar surface area (TPSA) is 38.3 Å². The molecule has 2 aromatic carbocycles. The molecule has 0 spiro atoms. The minimum Gasteiger partial charge on any atom is -0.493 e. The molecule has 124 valence electrons. The molecular formula is C19H17F2NO2. The Morgan fingerprint density at radius 1 is 1.25 bits per heavy atom. The second-order valence-corrected chi connectivity index (χ2v) is 5.66. The molecule has 0 saturated heterocycles. The Balaban J connectivity index is 1.67. The largest absolute Gasteiger partial charge is 0.493 e. The highest BCUT2D eigenvalue weighted by atomic mass is 19.1. The van der Waals surface area contributed by atoms with Crippen molar-refractivity contribution in [3.63, 3.8) is 0 Å². The highest BCUT2D eigenvalue weighted by molar-refractivity contribution is 5.92. The minimum absolute atomic E-state index is 0.224. The lowest BCUT2D eigenvalue weighted by Crippen LogP contribution is -2.24. The molecule has 0 radical (unpaired) electrons. The molecule has 1 heterocycles. The van der Waals surface area contributed by atoms with Crippen molar-refractivity contribution < 1.29 is 18.3 Å². The van der Waals surface area contributed by atoms with Crippen LogP contribution in [0.25, 0.3) is 6.08 Å². The molecule has 0 fully saturated rings. The second-order valence-electron chi connectivity index (χ2n) is 5.66. The Morgan fingerprint density at radius 2 is 2.00 bits per heavy atom. The summed E-state index contributed by atoms with van der Waals surface area (Å²) < 4.78 is 32.5. The number of amides is 1. The van der Waals surface area contributed by atoms with Gasteiger partial charge >= 0.3 is 0 Å². The van der Waals surface area contributed by atoms with Crippen LogP contribution in [-0.4, -0.2) is 12.5 Å². The highest BCUT2D eigenvalue weighted by Gasteiger charge is 2.15. The van der Waals surface area contributed by atoms with Gasteiger partial charge in [0, 0.05) is 18.1 Å². The minimum atomic E-state index is -0.703. The van der Waals surface area contributed by atoms with Gasteiger partial charge in [-0.3, -0.25) is 4.79 Å². The van der Waals surface area contributed by atoms with Crippen molar-refractivity contribution in [2.45, 2.75) is 19.4 Å². The first-order valence-corrected chi connectivity index (χ1v) is 7.73. The lowest BCUT2D eigenvalue weighted by Gasteiger charge is -2.14. The molecule has 2 aromatic rings. The Hall–Kier alpha value is -2.69. The number of hydrogen-bond donors (Lipinski definition) is 1. The summed E-state index contributed by atoms with van der Waals surface area (Å²) in [5.41, 5.74) is 1.85. The third-order valence-electron chi connectivity index (χ3n) is 3.97. The number of nitrogens with one attached hydrogen (secondary N) is 1. The van der Waals surface area contributed by atoms with E-state index in [1.807, 2.05) is 25.1 Å². The van der Waals surface area contributed by atoms with E-state index < -0.39 is 17.5 Å². The summed E-state index contributed by atoms with van der Waals surface area (Å²) in [7, 11) is 0. The molecule has 3 rings (SSSR count). The van der Waals surface area contributed by atoms with E-state index in [0.717, 1.165) is 47.6 Å². The maximum absolute atomic E-state index is 13.5. The van der Waals surface area contributed by atoms with Gasteiger partial charge in [0.05, 0.1) is 12.6 Å². The first-order valence-electron chi connectivity index (χ1n) is 7.73. The smallest absolute Gasteiger partial charge is 0.244 e. The molecule has 5 heteroatoms. The Bertz CT molecular complexity index is 782. The summed E-state index contributed by atoms with van der Waals surface area (Å²) in [6.45, 7) is 2.53. The number of fused-ring (bicyclic) bond motifs is 1. The van der Waals surface area contributed by atoms with Crippen LogP contribution in [0.5, 0.6) is 5.75 Å². The molecule has 0 saturated carbocycles. The Kier molecular flexibility index (Phi) is 4.60. The average molecular weight is 329 g/mol. The van der Waals surface area contributed by atoms with Crippen LogP contribution >= 0.6 is 0 Å². The van der Waals surface area contributed by atoms with E-state index in [-0.39, 0.29) is 11.6 Å². The summed E-state index contributed by atoms with van der Waals surface area (Å²) in [6.07, 6.45) is 3.13. The Morgan fingerprint density at radius 3 is 2.75 bits per heavy atom. The molecule has 0 aliphatic carbocycles. The van der Waals surface area contributed by atoms with Crippen molar-refractivity contribution in [2.75, 3.05) is 6.61 Å². The van der Waals surface area contributed by atoms with E-state index in [2.05, 4.69) is 5.32 Å². The van der Waals surface area contributed by atoms with Gasteiger partial charge < -0.3 is 10.1 Å². The molecule has 1 aliphatic heterocycles. The summed E-state index contributed by atoms with van der Waals surface area (Å²) in [5, 5.41) is 2.79. The molecule has 1 aliphatic rings. The number of carbonyl (C=O) groups excluding carboxylic acids is 1. The van der Waals surface area contributed by atoms with E-state index in [4.69, 9.17) is 4.74 Å². The van der Waals surface area contributed by atoms with E-state index in [9.17, 15) is 13.6 Å². The van der Waals surface area contributed by atoms with Gasteiger partial charge in [-0.05, 0) is 48.4 Å². The van der Waals surface area contributed by atoms with Crippen molar-refractivity contribution in [2.24, 2.45) is 0 Å². The van der Waals surface area contributed by atoms with Crippen molar-refractivity contribution >= 4 is 12.0 Å². The summed E-state index contributed by atoms with van der Waals surface area (Å²) in [6, 6.07) is 9.15. The molecule has 1 amide bonds. The number of rotatable bonds is 4. The fourth-order valence-corrected chi connectivity index (χ4v) is 2.65. The van der Waals surface area contributed by atoms with Crippen LogP contribution in [0.4, 0.5) is 8.78 Å². The van der Waals surface area contributed by atoms with Crippen LogP contribution in [0.3, 0.4) is 0 Å². The summed E-state index contributed by atoms with van der Waals surface area (Å²) in [4.78, 5) is 12.0. The third-order valence-corrected chi connectivity index (χ3v) is 3.97. The zero-order valence-corrected chi connectivity index (χ0v) is 13.2. The van der Waals surface area contributed by atoms with Crippen LogP contribution < -0.4 is 10.1 Å². The number of halogens is 2. The number of benzene rings is 2. The zero-order valence-electron chi connectivity index (χ0n) is 13.2. The zero-order chi connectivity index (χ0) is 17.1. The van der Waals surface area contributed by atoms with E-state index in [1.165, 1.54) is 6.07 Å². The number of ether oxygens (including phenoxy) is 1. The first kappa shape index (κ1) is 16.2. The normalized spacial score (nSPS) is 14.3. The van der Waals surface area contributed by atoms with Gasteiger partial charge in [0.2, 0.25) is 5.91 Å². The molecule has 24 heavy (non-hydrogen) atoms. The van der Waals surface area contributed by atoms with Crippen molar-refractivity contribution in [3.05, 3.63) is 70.8 Å². The SMILES string of the molecule is C[C@H](NC(=O)/C=C/c1c(F)cccc1F)c1ccc2c(c1)CCO2. The van der Waals surface area contributed by atoms with Gasteiger partial charge in [-0.2, -0.15) is 0 Å². The Labute approximate surface area is 139 Å². The maximum atomic E-state index is 13.5. The van der Waals surface area contributed by atoms with Crippen molar-refractivity contribution in [1.29, 1.82) is 0 Å². The van der Waals surface area contributed by atoms with Gasteiger partial charge in [-0.1, -0.05) is 12.1 Å². The third kappa shape index (κ3) is 3.45. The van der Waals surface area contributed by atoms with Crippen LogP contribution in [0.15, 0.2) is 42.5 Å². The number of carbonyl (C=O) groups is 1. The molecular weight excluding hydrogens is 312 g/mol. The standard InChI is InChI=1S/C19H17F2NO2/c1-12(13-5-7-18-14(11-13)9-10-24-18)22-19(23)8-6-15-16(20)3-2-4-17(15)21/h2-8,11-12H,9-10H2,1H3,(H,22,23)/b8-6+/t12-/m0/s1. The van der Waals surface area contributed by atoms with Gasteiger partial charge in [0.15, 0.2) is 0 Å². The van der Waals surface area contributed by atoms with Crippen LogP contribution in [0.1, 0.15) is 29.7 Å². The lowest BCUT2D eigenvalue weighted by molar-refractivity contribution is -0.117.